The number of aromatic nitrogens is 2. The molecule has 0 radical (unpaired) electrons. The molecule has 96 valence electrons. The zero-order chi connectivity index (χ0) is 13.0. The summed E-state index contributed by atoms with van der Waals surface area (Å²) in [5.41, 5.74) is 3.52. The minimum absolute atomic E-state index is 0.862. The molecule has 1 heterocycles. The molecule has 4 heteroatoms. The average Bonchev–Trinajstić information content (AvgIpc) is 2.70. The van der Waals surface area contributed by atoms with Gasteiger partial charge in [0, 0.05) is 12.1 Å². The highest BCUT2D eigenvalue weighted by Crippen LogP contribution is 2.28. The Labute approximate surface area is 113 Å². The fraction of sp³-hybridized carbons (Fsp3) is 0.357. The van der Waals surface area contributed by atoms with Crippen molar-refractivity contribution in [1.82, 2.24) is 15.1 Å². The van der Waals surface area contributed by atoms with Gasteiger partial charge in [0.1, 0.15) is 5.03 Å². The first-order valence-corrected chi connectivity index (χ1v) is 7.17. The first-order chi connectivity index (χ1) is 8.77. The van der Waals surface area contributed by atoms with Crippen LogP contribution >= 0.6 is 11.8 Å². The lowest BCUT2D eigenvalue weighted by Crippen LogP contribution is -2.07. The van der Waals surface area contributed by atoms with E-state index in [1.54, 1.807) is 0 Å². The Bertz CT molecular complexity index is 505. The van der Waals surface area contributed by atoms with Crippen molar-refractivity contribution in [3.8, 4) is 5.69 Å². The molecule has 2 rings (SSSR count). The summed E-state index contributed by atoms with van der Waals surface area (Å²) in [4.78, 5) is 0. The van der Waals surface area contributed by atoms with Gasteiger partial charge in [0.05, 0.1) is 11.4 Å². The SMILES string of the molecule is CCSc1c(CNC)c(C)nn1-c1ccccc1. The number of rotatable bonds is 5. The molecule has 1 aromatic carbocycles. The topological polar surface area (TPSA) is 29.9 Å². The van der Waals surface area contributed by atoms with E-state index < -0.39 is 0 Å². The summed E-state index contributed by atoms with van der Waals surface area (Å²) in [6.45, 7) is 5.11. The van der Waals surface area contributed by atoms with Crippen LogP contribution in [-0.4, -0.2) is 22.6 Å². The van der Waals surface area contributed by atoms with Gasteiger partial charge in [0.25, 0.3) is 0 Å². The highest BCUT2D eigenvalue weighted by molar-refractivity contribution is 7.99. The molecule has 0 fully saturated rings. The summed E-state index contributed by atoms with van der Waals surface area (Å²) in [6.07, 6.45) is 0. The molecule has 0 bridgehead atoms. The van der Waals surface area contributed by atoms with Crippen LogP contribution in [-0.2, 0) is 6.54 Å². The fourth-order valence-electron chi connectivity index (χ4n) is 1.95. The van der Waals surface area contributed by atoms with Crippen molar-refractivity contribution < 1.29 is 0 Å². The molecular weight excluding hydrogens is 242 g/mol. The minimum atomic E-state index is 0.862. The molecule has 0 saturated carbocycles. The van der Waals surface area contributed by atoms with E-state index in [1.165, 1.54) is 10.6 Å². The van der Waals surface area contributed by atoms with Crippen LogP contribution in [0, 0.1) is 6.92 Å². The highest BCUT2D eigenvalue weighted by atomic mass is 32.2. The predicted octanol–water partition coefficient (Wildman–Crippen LogP) is 3.01. The Morgan fingerprint density at radius 2 is 2.00 bits per heavy atom. The second-order valence-corrected chi connectivity index (χ2v) is 5.33. The quantitative estimate of drug-likeness (QED) is 0.839. The van der Waals surface area contributed by atoms with Crippen molar-refractivity contribution >= 4 is 11.8 Å². The van der Waals surface area contributed by atoms with E-state index >= 15 is 0 Å². The van der Waals surface area contributed by atoms with Crippen LogP contribution in [0.15, 0.2) is 35.4 Å². The van der Waals surface area contributed by atoms with Gasteiger partial charge in [-0.1, -0.05) is 25.1 Å². The van der Waals surface area contributed by atoms with Gasteiger partial charge in [-0.25, -0.2) is 4.68 Å². The molecule has 0 amide bonds. The maximum absolute atomic E-state index is 4.67. The number of hydrogen-bond donors (Lipinski definition) is 1. The van der Waals surface area contributed by atoms with Crippen LogP contribution < -0.4 is 5.32 Å². The van der Waals surface area contributed by atoms with E-state index in [1.807, 2.05) is 37.0 Å². The summed E-state index contributed by atoms with van der Waals surface area (Å²) < 4.78 is 2.05. The first kappa shape index (κ1) is 13.2. The largest absolute Gasteiger partial charge is 0.316 e. The van der Waals surface area contributed by atoms with Gasteiger partial charge in [0.2, 0.25) is 0 Å². The second kappa shape index (κ2) is 6.07. The zero-order valence-electron chi connectivity index (χ0n) is 11.1. The first-order valence-electron chi connectivity index (χ1n) is 6.19. The maximum atomic E-state index is 4.67. The Kier molecular flexibility index (Phi) is 4.44. The molecule has 2 aromatic rings. The van der Waals surface area contributed by atoms with Crippen molar-refractivity contribution in [1.29, 1.82) is 0 Å². The lowest BCUT2D eigenvalue weighted by molar-refractivity contribution is 0.766. The third-order valence-electron chi connectivity index (χ3n) is 2.77. The van der Waals surface area contributed by atoms with Crippen LogP contribution in [0.2, 0.25) is 0 Å². The Balaban J connectivity index is 2.50. The van der Waals surface area contributed by atoms with Gasteiger partial charge in [0.15, 0.2) is 0 Å². The Morgan fingerprint density at radius 3 is 2.61 bits per heavy atom. The number of aryl methyl sites for hydroxylation is 1. The van der Waals surface area contributed by atoms with E-state index in [0.29, 0.717) is 0 Å². The van der Waals surface area contributed by atoms with Crippen LogP contribution in [0.4, 0.5) is 0 Å². The summed E-state index contributed by atoms with van der Waals surface area (Å²) in [5, 5.41) is 9.14. The molecule has 0 aliphatic heterocycles. The lowest BCUT2D eigenvalue weighted by atomic mass is 10.2. The molecule has 0 unspecified atom stereocenters. The molecule has 0 atom stereocenters. The normalized spacial score (nSPS) is 10.8. The third-order valence-corrected chi connectivity index (χ3v) is 3.75. The number of nitrogens with one attached hydrogen (secondary N) is 1. The smallest absolute Gasteiger partial charge is 0.105 e. The molecule has 0 aliphatic carbocycles. The van der Waals surface area contributed by atoms with E-state index in [4.69, 9.17) is 0 Å². The number of nitrogens with zero attached hydrogens (tertiary/aromatic N) is 2. The minimum Gasteiger partial charge on any atom is -0.316 e. The van der Waals surface area contributed by atoms with Crippen molar-refractivity contribution in [3.05, 3.63) is 41.6 Å². The van der Waals surface area contributed by atoms with Crippen molar-refractivity contribution in [2.24, 2.45) is 0 Å². The van der Waals surface area contributed by atoms with Crippen LogP contribution in [0.1, 0.15) is 18.2 Å². The van der Waals surface area contributed by atoms with Crippen LogP contribution in [0.5, 0.6) is 0 Å². The fourth-order valence-corrected chi connectivity index (χ4v) is 2.88. The molecule has 0 saturated heterocycles. The van der Waals surface area contributed by atoms with E-state index in [2.05, 4.69) is 41.1 Å². The molecule has 0 spiro atoms. The maximum Gasteiger partial charge on any atom is 0.105 e. The van der Waals surface area contributed by atoms with Crippen LogP contribution in [0.25, 0.3) is 5.69 Å². The molecule has 1 aromatic heterocycles. The zero-order valence-corrected chi connectivity index (χ0v) is 11.9. The van der Waals surface area contributed by atoms with E-state index in [-0.39, 0.29) is 0 Å². The number of hydrogen-bond acceptors (Lipinski definition) is 3. The standard InChI is InChI=1S/C14H19N3S/c1-4-18-14-13(10-15-3)11(2)16-17(14)12-8-6-5-7-9-12/h5-9,15H,4,10H2,1-3H3. The Morgan fingerprint density at radius 1 is 1.28 bits per heavy atom. The van der Waals surface area contributed by atoms with Gasteiger partial charge in [-0.15, -0.1) is 11.8 Å². The molecular formula is C14H19N3S. The van der Waals surface area contributed by atoms with Crippen LogP contribution in [0.3, 0.4) is 0 Å². The molecule has 3 nitrogen and oxygen atoms in total. The molecule has 0 aliphatic rings. The number of benzene rings is 1. The van der Waals surface area contributed by atoms with Gasteiger partial charge in [-0.3, -0.25) is 0 Å². The summed E-state index contributed by atoms with van der Waals surface area (Å²) in [6, 6.07) is 10.3. The summed E-state index contributed by atoms with van der Waals surface area (Å²) in [7, 11) is 1.97. The third kappa shape index (κ3) is 2.60. The lowest BCUT2D eigenvalue weighted by Gasteiger charge is -2.08. The summed E-state index contributed by atoms with van der Waals surface area (Å²) in [5.74, 6) is 1.05. The van der Waals surface area contributed by atoms with Gasteiger partial charge < -0.3 is 5.32 Å². The van der Waals surface area contributed by atoms with Gasteiger partial charge in [-0.2, -0.15) is 5.10 Å². The molecule has 18 heavy (non-hydrogen) atoms. The predicted molar refractivity (Wildman–Crippen MR) is 77.5 cm³/mol. The summed E-state index contributed by atoms with van der Waals surface area (Å²) >= 11 is 1.84. The van der Waals surface area contributed by atoms with E-state index in [0.717, 1.165) is 23.7 Å². The number of para-hydroxylation sites is 1. The van der Waals surface area contributed by atoms with Crippen molar-refractivity contribution in [2.75, 3.05) is 12.8 Å². The second-order valence-electron chi connectivity index (χ2n) is 4.08. The van der Waals surface area contributed by atoms with Crippen molar-refractivity contribution in [3.63, 3.8) is 0 Å². The van der Waals surface area contributed by atoms with Gasteiger partial charge >= 0.3 is 0 Å². The highest BCUT2D eigenvalue weighted by Gasteiger charge is 2.15. The van der Waals surface area contributed by atoms with E-state index in [9.17, 15) is 0 Å². The van der Waals surface area contributed by atoms with Gasteiger partial charge in [-0.05, 0) is 31.9 Å². The molecule has 1 N–H and O–H groups in total. The monoisotopic (exact) mass is 261 g/mol. The number of thioether (sulfide) groups is 1. The van der Waals surface area contributed by atoms with Crippen molar-refractivity contribution in [2.45, 2.75) is 25.4 Å². The Hall–Kier alpha value is -1.26. The average molecular weight is 261 g/mol.